The van der Waals surface area contributed by atoms with Crippen LogP contribution in [-0.2, 0) is 14.8 Å². The van der Waals surface area contributed by atoms with Gasteiger partial charge in [0, 0.05) is 25.7 Å². The highest BCUT2D eigenvalue weighted by Crippen LogP contribution is 2.23. The summed E-state index contributed by atoms with van der Waals surface area (Å²) in [6.07, 6.45) is 0. The van der Waals surface area contributed by atoms with Gasteiger partial charge in [-0.2, -0.15) is 0 Å². The average molecular weight is 328 g/mol. The number of nitrogens with zero attached hydrogens (tertiary/aromatic N) is 1. The van der Waals surface area contributed by atoms with Gasteiger partial charge >= 0.3 is 0 Å². The SMILES string of the molecule is CCS(=O)(=O)NCC(c1ccc(OC)cc1)N1CCOCC1. The van der Waals surface area contributed by atoms with Crippen LogP contribution in [0, 0.1) is 0 Å². The summed E-state index contributed by atoms with van der Waals surface area (Å²) >= 11 is 0. The van der Waals surface area contributed by atoms with Gasteiger partial charge in [0.2, 0.25) is 10.0 Å². The van der Waals surface area contributed by atoms with Crippen LogP contribution in [0.5, 0.6) is 5.75 Å². The number of rotatable bonds is 7. The Balaban J connectivity index is 2.15. The first-order valence-corrected chi connectivity index (χ1v) is 9.14. The van der Waals surface area contributed by atoms with Gasteiger partial charge in [0.1, 0.15) is 5.75 Å². The fourth-order valence-electron chi connectivity index (χ4n) is 2.48. The molecule has 1 aromatic carbocycles. The van der Waals surface area contributed by atoms with Crippen molar-refractivity contribution in [1.29, 1.82) is 0 Å². The normalized spacial score (nSPS) is 18.1. The van der Waals surface area contributed by atoms with Gasteiger partial charge in [0.15, 0.2) is 0 Å². The number of sulfonamides is 1. The molecule has 0 bridgehead atoms. The fraction of sp³-hybridized carbons (Fsp3) is 0.600. The Morgan fingerprint density at radius 1 is 1.27 bits per heavy atom. The Morgan fingerprint density at radius 2 is 1.91 bits per heavy atom. The Hall–Kier alpha value is -1.15. The van der Waals surface area contributed by atoms with Crippen molar-refractivity contribution in [2.75, 3.05) is 45.7 Å². The van der Waals surface area contributed by atoms with E-state index in [-0.39, 0.29) is 11.8 Å². The van der Waals surface area contributed by atoms with E-state index >= 15 is 0 Å². The van der Waals surface area contributed by atoms with Crippen molar-refractivity contribution in [3.63, 3.8) is 0 Å². The van der Waals surface area contributed by atoms with E-state index in [1.165, 1.54) is 0 Å². The zero-order chi connectivity index (χ0) is 16.0. The summed E-state index contributed by atoms with van der Waals surface area (Å²) in [4.78, 5) is 2.25. The molecule has 1 N–H and O–H groups in total. The lowest BCUT2D eigenvalue weighted by Crippen LogP contribution is -2.44. The lowest BCUT2D eigenvalue weighted by Gasteiger charge is -2.34. The smallest absolute Gasteiger partial charge is 0.211 e. The molecule has 7 heteroatoms. The molecule has 124 valence electrons. The Kier molecular flexibility index (Phi) is 6.19. The van der Waals surface area contributed by atoms with E-state index < -0.39 is 10.0 Å². The van der Waals surface area contributed by atoms with Gasteiger partial charge in [0.25, 0.3) is 0 Å². The van der Waals surface area contributed by atoms with Crippen molar-refractivity contribution in [2.45, 2.75) is 13.0 Å². The first-order valence-electron chi connectivity index (χ1n) is 7.49. The Morgan fingerprint density at radius 3 is 2.45 bits per heavy atom. The molecule has 0 aromatic heterocycles. The van der Waals surface area contributed by atoms with E-state index in [0.29, 0.717) is 19.8 Å². The highest BCUT2D eigenvalue weighted by atomic mass is 32.2. The minimum Gasteiger partial charge on any atom is -0.497 e. The van der Waals surface area contributed by atoms with Crippen LogP contribution in [0.15, 0.2) is 24.3 Å². The van der Waals surface area contributed by atoms with E-state index in [2.05, 4.69) is 9.62 Å². The number of ether oxygens (including phenoxy) is 2. The number of hydrogen-bond donors (Lipinski definition) is 1. The lowest BCUT2D eigenvalue weighted by atomic mass is 10.0. The fourth-order valence-corrected chi connectivity index (χ4v) is 3.10. The molecule has 1 saturated heterocycles. The topological polar surface area (TPSA) is 67.9 Å². The van der Waals surface area contributed by atoms with Crippen molar-refractivity contribution in [2.24, 2.45) is 0 Å². The summed E-state index contributed by atoms with van der Waals surface area (Å²) in [5.41, 5.74) is 1.07. The molecule has 1 aromatic rings. The van der Waals surface area contributed by atoms with Gasteiger partial charge in [0.05, 0.1) is 26.1 Å². The van der Waals surface area contributed by atoms with Crippen LogP contribution in [0.3, 0.4) is 0 Å². The predicted molar refractivity (Wildman–Crippen MR) is 85.6 cm³/mol. The average Bonchev–Trinajstić information content (AvgIpc) is 2.56. The van der Waals surface area contributed by atoms with Crippen molar-refractivity contribution in [1.82, 2.24) is 9.62 Å². The van der Waals surface area contributed by atoms with Gasteiger partial charge in [-0.3, -0.25) is 4.90 Å². The largest absolute Gasteiger partial charge is 0.497 e. The number of methoxy groups -OCH3 is 1. The second kappa shape index (κ2) is 7.92. The molecule has 1 aliphatic heterocycles. The van der Waals surface area contributed by atoms with Gasteiger partial charge in [-0.05, 0) is 24.6 Å². The minimum absolute atomic E-state index is 0.00358. The highest BCUT2D eigenvalue weighted by Gasteiger charge is 2.24. The van der Waals surface area contributed by atoms with Crippen LogP contribution in [0.25, 0.3) is 0 Å². The molecule has 0 spiro atoms. The third-order valence-corrected chi connectivity index (χ3v) is 5.23. The number of morpholine rings is 1. The predicted octanol–water partition coefficient (Wildman–Crippen LogP) is 1.01. The third-order valence-electron chi connectivity index (χ3n) is 3.86. The molecule has 2 rings (SSSR count). The Bertz CT molecular complexity index is 553. The molecule has 0 amide bonds. The molecular weight excluding hydrogens is 304 g/mol. The monoisotopic (exact) mass is 328 g/mol. The standard InChI is InChI=1S/C15H24N2O4S/c1-3-22(18,19)16-12-15(17-8-10-21-11-9-17)13-4-6-14(20-2)7-5-13/h4-7,15-16H,3,8-12H2,1-2H3. The summed E-state index contributed by atoms with van der Waals surface area (Å²) in [7, 11) is -1.58. The molecule has 1 unspecified atom stereocenters. The van der Waals surface area contributed by atoms with Crippen molar-refractivity contribution < 1.29 is 17.9 Å². The quantitative estimate of drug-likeness (QED) is 0.809. The third kappa shape index (κ3) is 4.67. The highest BCUT2D eigenvalue weighted by molar-refractivity contribution is 7.89. The molecule has 0 radical (unpaired) electrons. The van der Waals surface area contributed by atoms with Gasteiger partial charge in [-0.1, -0.05) is 12.1 Å². The van der Waals surface area contributed by atoms with Crippen molar-refractivity contribution >= 4 is 10.0 Å². The summed E-state index contributed by atoms with van der Waals surface area (Å²) in [5.74, 6) is 0.879. The van der Waals surface area contributed by atoms with E-state index in [9.17, 15) is 8.42 Å². The Labute approximate surface area is 132 Å². The second-order valence-corrected chi connectivity index (χ2v) is 7.28. The molecule has 6 nitrogen and oxygen atoms in total. The van der Waals surface area contributed by atoms with Crippen LogP contribution < -0.4 is 9.46 Å². The molecule has 1 heterocycles. The van der Waals surface area contributed by atoms with E-state index in [1.807, 2.05) is 24.3 Å². The zero-order valence-corrected chi connectivity index (χ0v) is 13.9. The second-order valence-electron chi connectivity index (χ2n) is 5.19. The molecule has 22 heavy (non-hydrogen) atoms. The summed E-state index contributed by atoms with van der Waals surface area (Å²) in [6.45, 7) is 4.94. The summed E-state index contributed by atoms with van der Waals surface area (Å²) < 4.78 is 36.7. The van der Waals surface area contributed by atoms with E-state index in [0.717, 1.165) is 24.4 Å². The van der Waals surface area contributed by atoms with Crippen LogP contribution in [0.2, 0.25) is 0 Å². The summed E-state index contributed by atoms with van der Waals surface area (Å²) in [5, 5.41) is 0. The maximum atomic E-state index is 11.7. The summed E-state index contributed by atoms with van der Waals surface area (Å²) in [6, 6.07) is 7.77. The molecule has 1 fully saturated rings. The van der Waals surface area contributed by atoms with Gasteiger partial charge < -0.3 is 9.47 Å². The van der Waals surface area contributed by atoms with Crippen molar-refractivity contribution in [3.05, 3.63) is 29.8 Å². The first-order chi connectivity index (χ1) is 10.6. The minimum atomic E-state index is -3.21. The van der Waals surface area contributed by atoms with Gasteiger partial charge in [-0.15, -0.1) is 0 Å². The molecule has 0 aliphatic carbocycles. The number of hydrogen-bond acceptors (Lipinski definition) is 5. The van der Waals surface area contributed by atoms with E-state index in [4.69, 9.17) is 9.47 Å². The lowest BCUT2D eigenvalue weighted by molar-refractivity contribution is 0.0172. The zero-order valence-electron chi connectivity index (χ0n) is 13.1. The first kappa shape index (κ1) is 17.2. The van der Waals surface area contributed by atoms with Crippen LogP contribution in [0.4, 0.5) is 0 Å². The molecule has 1 atom stereocenters. The molecule has 1 aliphatic rings. The van der Waals surface area contributed by atoms with Crippen LogP contribution in [-0.4, -0.2) is 59.0 Å². The van der Waals surface area contributed by atoms with E-state index in [1.54, 1.807) is 14.0 Å². The number of benzene rings is 1. The van der Waals surface area contributed by atoms with Gasteiger partial charge in [-0.25, -0.2) is 13.1 Å². The van der Waals surface area contributed by atoms with Crippen LogP contribution >= 0.6 is 0 Å². The molecule has 0 saturated carbocycles. The maximum Gasteiger partial charge on any atom is 0.211 e. The maximum absolute atomic E-state index is 11.7. The molecular formula is C15H24N2O4S. The number of nitrogens with one attached hydrogen (secondary N) is 1. The van der Waals surface area contributed by atoms with Crippen molar-refractivity contribution in [3.8, 4) is 5.75 Å². The van der Waals surface area contributed by atoms with Crippen LogP contribution in [0.1, 0.15) is 18.5 Å².